The minimum atomic E-state index is -1.08. The maximum Gasteiger partial charge on any atom is 0.330 e. The summed E-state index contributed by atoms with van der Waals surface area (Å²) in [6, 6.07) is 5.34. The summed E-state index contributed by atoms with van der Waals surface area (Å²) in [5.74, 6) is -3.22. The highest BCUT2D eigenvalue weighted by Crippen LogP contribution is 2.53. The first-order chi connectivity index (χ1) is 15.2. The lowest BCUT2D eigenvalue weighted by Crippen LogP contribution is -2.50. The number of fused-ring (bicyclic) bond motifs is 5. The van der Waals surface area contributed by atoms with Crippen LogP contribution in [0.4, 0.5) is 5.69 Å². The van der Waals surface area contributed by atoms with Gasteiger partial charge in [-0.25, -0.2) is 4.79 Å². The molecule has 1 aromatic carbocycles. The van der Waals surface area contributed by atoms with Crippen LogP contribution in [0.1, 0.15) is 37.6 Å². The molecule has 4 rings (SSSR count). The van der Waals surface area contributed by atoms with E-state index in [1.54, 1.807) is 32.0 Å². The van der Waals surface area contributed by atoms with E-state index in [2.05, 4.69) is 5.32 Å². The van der Waals surface area contributed by atoms with Gasteiger partial charge < -0.3 is 10.1 Å². The van der Waals surface area contributed by atoms with Crippen LogP contribution in [0.3, 0.4) is 0 Å². The van der Waals surface area contributed by atoms with Crippen molar-refractivity contribution in [2.24, 2.45) is 29.6 Å². The molecule has 8 heteroatoms. The molecule has 32 heavy (non-hydrogen) atoms. The van der Waals surface area contributed by atoms with Crippen molar-refractivity contribution in [3.63, 3.8) is 0 Å². The van der Waals surface area contributed by atoms with Crippen molar-refractivity contribution in [2.45, 2.75) is 33.2 Å². The van der Waals surface area contributed by atoms with Crippen LogP contribution in [0, 0.1) is 29.6 Å². The fourth-order valence-electron chi connectivity index (χ4n) is 5.11. The smallest absolute Gasteiger partial charge is 0.330 e. The lowest BCUT2D eigenvalue weighted by atomic mass is 9.85. The number of ether oxygens (including phenoxy) is 1. The van der Waals surface area contributed by atoms with Crippen LogP contribution in [0.25, 0.3) is 0 Å². The maximum absolute atomic E-state index is 13.1. The topological polar surface area (TPSA) is 110 Å². The van der Waals surface area contributed by atoms with E-state index in [1.807, 2.05) is 12.2 Å². The van der Waals surface area contributed by atoms with Crippen molar-refractivity contribution in [1.29, 1.82) is 0 Å². The van der Waals surface area contributed by atoms with E-state index < -0.39 is 36.4 Å². The maximum atomic E-state index is 13.1. The van der Waals surface area contributed by atoms with Gasteiger partial charge in [0.25, 0.3) is 5.91 Å². The molecule has 2 aliphatic carbocycles. The number of anilines is 1. The Balaban J connectivity index is 1.41. The average Bonchev–Trinajstić information content (AvgIpc) is 3.42. The molecule has 1 saturated carbocycles. The first-order valence-electron chi connectivity index (χ1n) is 10.8. The number of esters is 1. The zero-order valence-corrected chi connectivity index (χ0v) is 18.2. The molecule has 1 heterocycles. The number of nitrogens with one attached hydrogen (secondary N) is 1. The van der Waals surface area contributed by atoms with E-state index in [4.69, 9.17) is 4.74 Å². The number of hydrogen-bond acceptors (Lipinski definition) is 6. The number of carbonyl (C=O) groups excluding carboxylic acids is 5. The summed E-state index contributed by atoms with van der Waals surface area (Å²) in [4.78, 5) is 63.8. The molecule has 1 aliphatic heterocycles. The summed E-state index contributed by atoms with van der Waals surface area (Å²) in [5, 5.41) is 2.58. The molecule has 0 unspecified atom stereocenters. The third-order valence-electron chi connectivity index (χ3n) is 6.55. The molecule has 2 fully saturated rings. The Morgan fingerprint density at radius 1 is 1.09 bits per heavy atom. The predicted octanol–water partition coefficient (Wildman–Crippen LogP) is 2.20. The molecular formula is C24H26N2O6. The van der Waals surface area contributed by atoms with E-state index in [1.165, 1.54) is 13.0 Å². The minimum absolute atomic E-state index is 0.0480. The van der Waals surface area contributed by atoms with Gasteiger partial charge in [-0.15, -0.1) is 0 Å². The van der Waals surface area contributed by atoms with Gasteiger partial charge in [0.15, 0.2) is 12.4 Å². The Labute approximate surface area is 186 Å². The van der Waals surface area contributed by atoms with E-state index in [-0.39, 0.29) is 35.4 Å². The molecule has 3 amide bonds. The number of benzene rings is 1. The molecule has 1 aromatic rings. The quantitative estimate of drug-likeness (QED) is 0.303. The highest BCUT2D eigenvalue weighted by molar-refractivity contribution is 6.09. The summed E-state index contributed by atoms with van der Waals surface area (Å²) in [7, 11) is 0. The largest absolute Gasteiger partial charge is 0.454 e. The number of Topliss-reactive ketones (excluding diaryl/α,β-unsaturated/α-hetero) is 1. The van der Waals surface area contributed by atoms with Gasteiger partial charge in [0.2, 0.25) is 11.8 Å². The van der Waals surface area contributed by atoms with Crippen molar-refractivity contribution in [1.82, 2.24) is 4.90 Å². The number of ketones is 1. The Hall–Kier alpha value is -3.29. The lowest BCUT2D eigenvalue weighted by Gasteiger charge is -2.28. The third-order valence-corrected chi connectivity index (χ3v) is 6.55. The molecule has 5 atom stereocenters. The number of carbonyl (C=O) groups is 5. The van der Waals surface area contributed by atoms with Crippen molar-refractivity contribution >= 4 is 35.2 Å². The van der Waals surface area contributed by atoms with Crippen LogP contribution in [0.2, 0.25) is 0 Å². The van der Waals surface area contributed by atoms with Gasteiger partial charge >= 0.3 is 5.97 Å². The Morgan fingerprint density at radius 3 is 2.28 bits per heavy atom. The summed E-state index contributed by atoms with van der Waals surface area (Å²) in [6.07, 6.45) is 4.80. The fraction of sp³-hybridized carbons (Fsp3) is 0.458. The summed E-state index contributed by atoms with van der Waals surface area (Å²) in [6.45, 7) is 4.33. The van der Waals surface area contributed by atoms with Gasteiger partial charge in [-0.3, -0.25) is 24.1 Å². The van der Waals surface area contributed by atoms with Crippen LogP contribution in [-0.4, -0.2) is 47.0 Å². The standard InChI is InChI=1S/C24H26N2O6/c1-12(2)21(26-22(29)19-15-7-8-16(9-15)20(19)23(26)30)24(31)32-11-18(28)25-17-6-4-5-14(10-17)13(3)27/h4-8,10,12,15-16,19-21H,9,11H2,1-3H3,(H,25,28)/t15-,16-,19-,20+,21-/m0/s1. The number of likely N-dealkylation sites (tertiary alicyclic amines) is 1. The van der Waals surface area contributed by atoms with Crippen LogP contribution >= 0.6 is 0 Å². The molecule has 8 nitrogen and oxygen atoms in total. The van der Waals surface area contributed by atoms with Crippen LogP contribution in [0.15, 0.2) is 36.4 Å². The van der Waals surface area contributed by atoms with E-state index >= 15 is 0 Å². The number of allylic oxidation sites excluding steroid dienone is 2. The Kier molecular flexibility index (Phi) is 5.71. The zero-order valence-electron chi connectivity index (χ0n) is 18.2. The molecule has 0 spiro atoms. The summed E-state index contributed by atoms with van der Waals surface area (Å²) < 4.78 is 5.20. The van der Waals surface area contributed by atoms with Crippen molar-refractivity contribution in [2.75, 3.05) is 11.9 Å². The van der Waals surface area contributed by atoms with Crippen LogP contribution in [0.5, 0.6) is 0 Å². The molecule has 3 aliphatic rings. The summed E-state index contributed by atoms with van der Waals surface area (Å²) >= 11 is 0. The van der Waals surface area contributed by atoms with Gasteiger partial charge in [0.1, 0.15) is 6.04 Å². The van der Waals surface area contributed by atoms with Gasteiger partial charge in [-0.1, -0.05) is 38.1 Å². The van der Waals surface area contributed by atoms with Crippen LogP contribution < -0.4 is 5.32 Å². The second-order valence-corrected chi connectivity index (χ2v) is 9.03. The lowest BCUT2D eigenvalue weighted by molar-refractivity contribution is -0.162. The van der Waals surface area contributed by atoms with Gasteiger partial charge in [0.05, 0.1) is 11.8 Å². The molecule has 0 radical (unpaired) electrons. The minimum Gasteiger partial charge on any atom is -0.454 e. The van der Waals surface area contributed by atoms with Crippen molar-refractivity contribution in [3.8, 4) is 0 Å². The van der Waals surface area contributed by atoms with Crippen molar-refractivity contribution < 1.29 is 28.7 Å². The molecule has 1 N–H and O–H groups in total. The number of hydrogen-bond donors (Lipinski definition) is 1. The predicted molar refractivity (Wildman–Crippen MR) is 114 cm³/mol. The van der Waals surface area contributed by atoms with Gasteiger partial charge in [-0.05, 0) is 43.2 Å². The average molecular weight is 438 g/mol. The van der Waals surface area contributed by atoms with Gasteiger partial charge in [0, 0.05) is 11.3 Å². The third kappa shape index (κ3) is 3.74. The zero-order chi connectivity index (χ0) is 23.2. The fourth-order valence-corrected chi connectivity index (χ4v) is 5.11. The number of rotatable bonds is 7. The molecule has 2 bridgehead atoms. The van der Waals surface area contributed by atoms with Crippen molar-refractivity contribution in [3.05, 3.63) is 42.0 Å². The SMILES string of the molecule is CC(=O)c1cccc(NC(=O)COC(=O)[C@H](C(C)C)N2C(=O)[C@@H]3[C@H](C2=O)[C@H]2C=C[C@H]3C2)c1. The number of imide groups is 1. The van der Waals surface area contributed by atoms with Gasteiger partial charge in [-0.2, -0.15) is 0 Å². The first-order valence-corrected chi connectivity index (χ1v) is 10.8. The molecule has 168 valence electrons. The Bertz CT molecular complexity index is 999. The number of nitrogens with zero attached hydrogens (tertiary/aromatic N) is 1. The number of amides is 3. The Morgan fingerprint density at radius 2 is 1.72 bits per heavy atom. The molecule has 1 saturated heterocycles. The molecule has 0 aromatic heterocycles. The highest BCUT2D eigenvalue weighted by Gasteiger charge is 2.61. The highest BCUT2D eigenvalue weighted by atomic mass is 16.5. The van der Waals surface area contributed by atoms with E-state index in [9.17, 15) is 24.0 Å². The summed E-state index contributed by atoms with van der Waals surface area (Å²) in [5.41, 5.74) is 0.847. The monoisotopic (exact) mass is 438 g/mol. The first kappa shape index (κ1) is 21.9. The second-order valence-electron chi connectivity index (χ2n) is 9.03. The molecular weight excluding hydrogens is 412 g/mol. The second kappa shape index (κ2) is 8.33. The van der Waals surface area contributed by atoms with E-state index in [0.29, 0.717) is 11.3 Å². The van der Waals surface area contributed by atoms with Crippen LogP contribution in [-0.2, 0) is 23.9 Å². The normalized spacial score (nSPS) is 26.4. The van der Waals surface area contributed by atoms with E-state index in [0.717, 1.165) is 11.3 Å².